The number of fused-ring (bicyclic) bond motifs is 2. The lowest BCUT2D eigenvalue weighted by Gasteiger charge is -2.37. The van der Waals surface area contributed by atoms with Crippen LogP contribution in [0.4, 0.5) is 0 Å². The van der Waals surface area contributed by atoms with Crippen LogP contribution >= 0.6 is 0 Å². The molecule has 27 heavy (non-hydrogen) atoms. The number of ether oxygens (including phenoxy) is 2. The SMILES string of the molecule is O=C(C1[C@H]2COC[C@@H]12)N1CC[C@H]2C(=O)N(Cc3ccncc3)CCO[C@H]2C1. The highest BCUT2D eigenvalue weighted by Crippen LogP contribution is 2.51. The first-order valence-electron chi connectivity index (χ1n) is 9.88. The zero-order valence-corrected chi connectivity index (χ0v) is 15.3. The molecule has 5 atom stereocenters. The van der Waals surface area contributed by atoms with Crippen molar-refractivity contribution in [1.82, 2.24) is 14.8 Å². The number of aromatic nitrogens is 1. The van der Waals surface area contributed by atoms with E-state index in [9.17, 15) is 9.59 Å². The van der Waals surface area contributed by atoms with Gasteiger partial charge in [-0.05, 0) is 36.0 Å². The predicted octanol–water partition coefficient (Wildman–Crippen LogP) is 0.550. The fourth-order valence-corrected chi connectivity index (χ4v) is 4.91. The van der Waals surface area contributed by atoms with Gasteiger partial charge in [-0.2, -0.15) is 0 Å². The summed E-state index contributed by atoms with van der Waals surface area (Å²) in [6, 6.07) is 3.88. The molecule has 0 N–H and O–H groups in total. The molecule has 3 aliphatic heterocycles. The van der Waals surface area contributed by atoms with Crippen molar-refractivity contribution in [2.24, 2.45) is 23.7 Å². The number of amides is 2. The first-order chi connectivity index (χ1) is 13.2. The molecule has 5 rings (SSSR count). The van der Waals surface area contributed by atoms with Gasteiger partial charge in [-0.25, -0.2) is 0 Å². The summed E-state index contributed by atoms with van der Waals surface area (Å²) in [5, 5.41) is 0. The largest absolute Gasteiger partial charge is 0.381 e. The van der Waals surface area contributed by atoms with Gasteiger partial charge in [0.2, 0.25) is 11.8 Å². The Bertz CT molecular complexity index is 717. The Morgan fingerprint density at radius 2 is 1.96 bits per heavy atom. The summed E-state index contributed by atoms with van der Waals surface area (Å²) in [5.74, 6) is 1.21. The van der Waals surface area contributed by atoms with Gasteiger partial charge < -0.3 is 19.3 Å². The summed E-state index contributed by atoms with van der Waals surface area (Å²) < 4.78 is 11.4. The molecule has 4 aliphatic rings. The van der Waals surface area contributed by atoms with E-state index in [-0.39, 0.29) is 29.8 Å². The maximum Gasteiger partial charge on any atom is 0.228 e. The van der Waals surface area contributed by atoms with Crippen LogP contribution in [0, 0.1) is 23.7 Å². The second-order valence-corrected chi connectivity index (χ2v) is 8.09. The lowest BCUT2D eigenvalue weighted by molar-refractivity contribution is -0.146. The number of hydrogen-bond donors (Lipinski definition) is 0. The van der Waals surface area contributed by atoms with Gasteiger partial charge in [0.1, 0.15) is 0 Å². The molecule has 0 radical (unpaired) electrons. The molecule has 0 spiro atoms. The molecule has 1 saturated carbocycles. The highest BCUT2D eigenvalue weighted by atomic mass is 16.5. The molecule has 1 aromatic rings. The third-order valence-electron chi connectivity index (χ3n) is 6.55. The molecular weight excluding hydrogens is 346 g/mol. The minimum Gasteiger partial charge on any atom is -0.381 e. The Morgan fingerprint density at radius 1 is 1.19 bits per heavy atom. The highest BCUT2D eigenvalue weighted by Gasteiger charge is 2.59. The lowest BCUT2D eigenvalue weighted by atomic mass is 9.92. The molecule has 7 heteroatoms. The van der Waals surface area contributed by atoms with Gasteiger partial charge in [-0.3, -0.25) is 14.6 Å². The fraction of sp³-hybridized carbons (Fsp3) is 0.650. The van der Waals surface area contributed by atoms with Crippen molar-refractivity contribution < 1.29 is 19.1 Å². The van der Waals surface area contributed by atoms with E-state index < -0.39 is 0 Å². The molecule has 3 saturated heterocycles. The van der Waals surface area contributed by atoms with Crippen molar-refractivity contribution >= 4 is 11.8 Å². The Morgan fingerprint density at radius 3 is 2.74 bits per heavy atom. The maximum atomic E-state index is 13.1. The standard InChI is InChI=1S/C20H25N3O4/c24-19-14-3-6-22(20(25)18-15-11-26-12-16(15)18)10-17(14)27-8-7-23(19)9-13-1-4-21-5-2-13/h1-2,4-5,14-18H,3,6-12H2/t14-,15-,16+,17+,18?/m1/s1. The van der Waals surface area contributed by atoms with Crippen molar-refractivity contribution in [2.45, 2.75) is 19.1 Å². The summed E-state index contributed by atoms with van der Waals surface area (Å²) in [6.45, 7) is 4.32. The molecule has 0 aromatic carbocycles. The van der Waals surface area contributed by atoms with Crippen molar-refractivity contribution in [3.8, 4) is 0 Å². The van der Waals surface area contributed by atoms with Crippen LogP contribution in [0.5, 0.6) is 0 Å². The van der Waals surface area contributed by atoms with Crippen LogP contribution < -0.4 is 0 Å². The monoisotopic (exact) mass is 371 g/mol. The van der Waals surface area contributed by atoms with E-state index in [1.54, 1.807) is 12.4 Å². The molecule has 2 amide bonds. The smallest absolute Gasteiger partial charge is 0.228 e. The van der Waals surface area contributed by atoms with E-state index in [1.165, 1.54) is 0 Å². The van der Waals surface area contributed by atoms with Crippen LogP contribution in [0.2, 0.25) is 0 Å². The Labute approximate surface area is 158 Å². The van der Waals surface area contributed by atoms with Crippen LogP contribution in [0.25, 0.3) is 0 Å². The van der Waals surface area contributed by atoms with Crippen molar-refractivity contribution in [1.29, 1.82) is 0 Å². The second-order valence-electron chi connectivity index (χ2n) is 8.09. The third kappa shape index (κ3) is 3.12. The molecule has 1 aliphatic carbocycles. The first-order valence-corrected chi connectivity index (χ1v) is 9.88. The lowest BCUT2D eigenvalue weighted by Crippen LogP contribution is -2.51. The molecule has 4 heterocycles. The summed E-state index contributed by atoms with van der Waals surface area (Å²) in [5.41, 5.74) is 1.08. The van der Waals surface area contributed by atoms with Gasteiger partial charge in [-0.1, -0.05) is 0 Å². The predicted molar refractivity (Wildman–Crippen MR) is 95.4 cm³/mol. The summed E-state index contributed by atoms with van der Waals surface area (Å²) in [4.78, 5) is 33.8. The van der Waals surface area contributed by atoms with E-state index in [0.29, 0.717) is 51.0 Å². The molecule has 4 fully saturated rings. The maximum absolute atomic E-state index is 13.1. The molecule has 0 bridgehead atoms. The van der Waals surface area contributed by atoms with Gasteiger partial charge in [0.25, 0.3) is 0 Å². The molecule has 1 aromatic heterocycles. The zero-order valence-electron chi connectivity index (χ0n) is 15.3. The summed E-state index contributed by atoms with van der Waals surface area (Å²) >= 11 is 0. The minimum atomic E-state index is -0.188. The Balaban J connectivity index is 1.23. The minimum absolute atomic E-state index is 0.139. The van der Waals surface area contributed by atoms with Crippen molar-refractivity contribution in [2.75, 3.05) is 39.5 Å². The number of rotatable bonds is 3. The third-order valence-corrected chi connectivity index (χ3v) is 6.55. The second kappa shape index (κ2) is 6.87. The van der Waals surface area contributed by atoms with Crippen LogP contribution in [-0.4, -0.2) is 72.2 Å². The van der Waals surface area contributed by atoms with Crippen LogP contribution in [0.3, 0.4) is 0 Å². The average Bonchev–Trinajstić information content (AvgIpc) is 3.23. The van der Waals surface area contributed by atoms with Crippen LogP contribution in [-0.2, 0) is 25.6 Å². The summed E-state index contributed by atoms with van der Waals surface area (Å²) in [6.07, 6.45) is 3.99. The number of piperidine rings is 1. The number of hydrogen-bond acceptors (Lipinski definition) is 5. The number of likely N-dealkylation sites (tertiary alicyclic amines) is 1. The molecule has 7 nitrogen and oxygen atoms in total. The van der Waals surface area contributed by atoms with Gasteiger partial charge in [0.05, 0.1) is 31.8 Å². The Hall–Kier alpha value is -1.99. The summed E-state index contributed by atoms with van der Waals surface area (Å²) in [7, 11) is 0. The van der Waals surface area contributed by atoms with E-state index >= 15 is 0 Å². The van der Waals surface area contributed by atoms with Gasteiger partial charge in [-0.15, -0.1) is 0 Å². The Kier molecular flexibility index (Phi) is 4.36. The van der Waals surface area contributed by atoms with E-state index in [1.807, 2.05) is 21.9 Å². The zero-order chi connectivity index (χ0) is 18.4. The van der Waals surface area contributed by atoms with E-state index in [2.05, 4.69) is 4.98 Å². The first kappa shape index (κ1) is 17.1. The number of nitrogens with zero attached hydrogens (tertiary/aromatic N) is 3. The van der Waals surface area contributed by atoms with Gasteiger partial charge in [0, 0.05) is 44.5 Å². The molecule has 144 valence electrons. The van der Waals surface area contributed by atoms with Crippen molar-refractivity contribution in [3.63, 3.8) is 0 Å². The van der Waals surface area contributed by atoms with Crippen molar-refractivity contribution in [3.05, 3.63) is 30.1 Å². The van der Waals surface area contributed by atoms with Gasteiger partial charge >= 0.3 is 0 Å². The topological polar surface area (TPSA) is 72.0 Å². The highest BCUT2D eigenvalue weighted by molar-refractivity contribution is 5.84. The van der Waals surface area contributed by atoms with Crippen LogP contribution in [0.15, 0.2) is 24.5 Å². The fourth-order valence-electron chi connectivity index (χ4n) is 4.91. The van der Waals surface area contributed by atoms with Gasteiger partial charge in [0.15, 0.2) is 0 Å². The molecular formula is C20H25N3O4. The van der Waals surface area contributed by atoms with E-state index in [0.717, 1.165) is 18.8 Å². The average molecular weight is 371 g/mol. The quantitative estimate of drug-likeness (QED) is 0.776. The van der Waals surface area contributed by atoms with E-state index in [4.69, 9.17) is 9.47 Å². The number of carbonyl (C=O) groups is 2. The number of carbonyl (C=O) groups excluding carboxylic acids is 2. The molecule has 1 unspecified atom stereocenters. The normalized spacial score (nSPS) is 35.4. The number of pyridine rings is 1. The van der Waals surface area contributed by atoms with Crippen LogP contribution in [0.1, 0.15) is 12.0 Å².